The summed E-state index contributed by atoms with van der Waals surface area (Å²) in [6.45, 7) is 2.08. The van der Waals surface area contributed by atoms with Gasteiger partial charge in [0.15, 0.2) is 0 Å². The lowest BCUT2D eigenvalue weighted by molar-refractivity contribution is -0.141. The minimum atomic E-state index is -0.136. The third-order valence-electron chi connectivity index (χ3n) is 3.14. The van der Waals surface area contributed by atoms with Crippen molar-refractivity contribution >= 4 is 16.7 Å². The molecule has 94 valence electrons. The highest BCUT2D eigenvalue weighted by molar-refractivity contribution is 5.83. The number of hydrogen-bond acceptors (Lipinski definition) is 2. The Labute approximate surface area is 108 Å². The van der Waals surface area contributed by atoms with Crippen molar-refractivity contribution in [3.05, 3.63) is 48.0 Å². The average Bonchev–Trinajstić information content (AvgIpc) is 2.38. The second kappa shape index (κ2) is 5.67. The first-order valence-electron chi connectivity index (χ1n) is 6.23. The van der Waals surface area contributed by atoms with Gasteiger partial charge in [0.1, 0.15) is 0 Å². The summed E-state index contributed by atoms with van der Waals surface area (Å²) in [5, 5.41) is 2.50. The summed E-state index contributed by atoms with van der Waals surface area (Å²) in [6, 6.07) is 14.8. The highest BCUT2D eigenvalue weighted by atomic mass is 16.5. The van der Waals surface area contributed by atoms with Crippen LogP contribution in [0.15, 0.2) is 42.5 Å². The van der Waals surface area contributed by atoms with Crippen molar-refractivity contribution in [2.75, 3.05) is 7.11 Å². The fraction of sp³-hybridized carbons (Fsp3) is 0.312. The molecule has 18 heavy (non-hydrogen) atoms. The number of ether oxygens (including phenoxy) is 1. The molecule has 0 aliphatic rings. The van der Waals surface area contributed by atoms with E-state index in [1.165, 1.54) is 23.4 Å². The monoisotopic (exact) mass is 242 g/mol. The molecular weight excluding hydrogens is 224 g/mol. The minimum absolute atomic E-state index is 0.136. The fourth-order valence-electron chi connectivity index (χ4n) is 2.21. The number of esters is 1. The largest absolute Gasteiger partial charge is 0.469 e. The van der Waals surface area contributed by atoms with E-state index in [2.05, 4.69) is 42.0 Å². The normalized spacial score (nSPS) is 12.3. The van der Waals surface area contributed by atoms with E-state index in [0.717, 1.165) is 6.42 Å². The van der Waals surface area contributed by atoms with E-state index in [0.29, 0.717) is 12.3 Å². The first kappa shape index (κ1) is 12.6. The summed E-state index contributed by atoms with van der Waals surface area (Å²) in [7, 11) is 1.44. The molecule has 2 aromatic rings. The van der Waals surface area contributed by atoms with Crippen molar-refractivity contribution in [1.29, 1.82) is 0 Å². The van der Waals surface area contributed by atoms with Gasteiger partial charge in [0, 0.05) is 6.42 Å². The van der Waals surface area contributed by atoms with Crippen molar-refractivity contribution in [1.82, 2.24) is 0 Å². The summed E-state index contributed by atoms with van der Waals surface area (Å²) in [6.07, 6.45) is 1.38. The summed E-state index contributed by atoms with van der Waals surface area (Å²) in [4.78, 5) is 11.2. The molecule has 1 atom stereocenters. The molecule has 2 aromatic carbocycles. The second-order valence-electron chi connectivity index (χ2n) is 4.77. The Morgan fingerprint density at radius 1 is 1.17 bits per heavy atom. The zero-order valence-electron chi connectivity index (χ0n) is 10.8. The molecule has 0 bridgehead atoms. The third kappa shape index (κ3) is 3.10. The Morgan fingerprint density at radius 2 is 1.89 bits per heavy atom. The van der Waals surface area contributed by atoms with Gasteiger partial charge in [-0.05, 0) is 28.7 Å². The summed E-state index contributed by atoms with van der Waals surface area (Å²) in [5.41, 5.74) is 1.27. The lowest BCUT2D eigenvalue weighted by Crippen LogP contribution is -2.09. The quantitative estimate of drug-likeness (QED) is 0.766. The lowest BCUT2D eigenvalue weighted by atomic mass is 9.96. The maximum Gasteiger partial charge on any atom is 0.305 e. The molecule has 0 spiro atoms. The van der Waals surface area contributed by atoms with Gasteiger partial charge >= 0.3 is 5.97 Å². The van der Waals surface area contributed by atoms with Crippen LogP contribution in [-0.2, 0) is 16.0 Å². The smallest absolute Gasteiger partial charge is 0.305 e. The number of methoxy groups -OCH3 is 1. The topological polar surface area (TPSA) is 26.3 Å². The average molecular weight is 242 g/mol. The molecule has 2 rings (SSSR count). The van der Waals surface area contributed by atoms with Gasteiger partial charge in [0.2, 0.25) is 0 Å². The number of carbonyl (C=O) groups excluding carboxylic acids is 1. The van der Waals surface area contributed by atoms with Gasteiger partial charge in [-0.2, -0.15) is 0 Å². The van der Waals surface area contributed by atoms with Crippen LogP contribution >= 0.6 is 0 Å². The van der Waals surface area contributed by atoms with Gasteiger partial charge in [0.05, 0.1) is 7.11 Å². The van der Waals surface area contributed by atoms with Crippen molar-refractivity contribution in [3.8, 4) is 0 Å². The molecule has 0 amide bonds. The van der Waals surface area contributed by atoms with Gasteiger partial charge in [0.25, 0.3) is 0 Å². The Hall–Kier alpha value is -1.83. The van der Waals surface area contributed by atoms with Crippen molar-refractivity contribution in [2.45, 2.75) is 19.8 Å². The highest BCUT2D eigenvalue weighted by Gasteiger charge is 2.10. The molecule has 0 N–H and O–H groups in total. The van der Waals surface area contributed by atoms with E-state index < -0.39 is 0 Å². The number of rotatable bonds is 4. The van der Waals surface area contributed by atoms with E-state index in [4.69, 9.17) is 0 Å². The van der Waals surface area contributed by atoms with Crippen LogP contribution in [0.5, 0.6) is 0 Å². The molecule has 0 aliphatic carbocycles. The maximum atomic E-state index is 11.2. The fourth-order valence-corrected chi connectivity index (χ4v) is 2.21. The van der Waals surface area contributed by atoms with Crippen LogP contribution in [0.25, 0.3) is 10.8 Å². The summed E-state index contributed by atoms with van der Waals surface area (Å²) in [5.74, 6) is 0.168. The van der Waals surface area contributed by atoms with Crippen molar-refractivity contribution in [3.63, 3.8) is 0 Å². The number of fused-ring (bicyclic) bond motifs is 1. The molecule has 0 saturated heterocycles. The van der Waals surface area contributed by atoms with Crippen molar-refractivity contribution in [2.24, 2.45) is 5.92 Å². The van der Waals surface area contributed by atoms with E-state index in [9.17, 15) is 4.79 Å². The molecule has 0 radical (unpaired) electrons. The van der Waals surface area contributed by atoms with Gasteiger partial charge in [-0.15, -0.1) is 0 Å². The van der Waals surface area contributed by atoms with Crippen LogP contribution in [-0.4, -0.2) is 13.1 Å². The van der Waals surface area contributed by atoms with Gasteiger partial charge in [-0.1, -0.05) is 49.4 Å². The standard InChI is InChI=1S/C16H18O2/c1-12(10-16(17)18-2)9-13-7-8-14-5-3-4-6-15(14)11-13/h3-8,11-12H,9-10H2,1-2H3. The SMILES string of the molecule is COC(=O)CC(C)Cc1ccc2ccccc2c1. The van der Waals surface area contributed by atoms with E-state index >= 15 is 0 Å². The Morgan fingerprint density at radius 3 is 2.61 bits per heavy atom. The number of carbonyl (C=O) groups is 1. The minimum Gasteiger partial charge on any atom is -0.469 e. The van der Waals surface area contributed by atoms with Crippen LogP contribution < -0.4 is 0 Å². The molecule has 0 fully saturated rings. The van der Waals surface area contributed by atoms with Crippen LogP contribution in [0.1, 0.15) is 18.9 Å². The molecular formula is C16H18O2. The van der Waals surface area contributed by atoms with E-state index in [1.807, 2.05) is 12.1 Å². The molecule has 0 heterocycles. The number of benzene rings is 2. The predicted molar refractivity (Wildman–Crippen MR) is 73.4 cm³/mol. The molecule has 2 heteroatoms. The summed E-state index contributed by atoms with van der Waals surface area (Å²) < 4.78 is 4.69. The zero-order valence-corrected chi connectivity index (χ0v) is 10.8. The first-order chi connectivity index (χ1) is 8.69. The summed E-state index contributed by atoms with van der Waals surface area (Å²) >= 11 is 0. The predicted octanol–water partition coefficient (Wildman–Crippen LogP) is 3.58. The van der Waals surface area contributed by atoms with Crippen LogP contribution in [0, 0.1) is 5.92 Å². The third-order valence-corrected chi connectivity index (χ3v) is 3.14. The molecule has 2 nitrogen and oxygen atoms in total. The van der Waals surface area contributed by atoms with Crippen LogP contribution in [0.3, 0.4) is 0 Å². The molecule has 0 aliphatic heterocycles. The Balaban J connectivity index is 2.09. The number of hydrogen-bond donors (Lipinski definition) is 0. The lowest BCUT2D eigenvalue weighted by Gasteiger charge is -2.10. The first-order valence-corrected chi connectivity index (χ1v) is 6.23. The van der Waals surface area contributed by atoms with Gasteiger partial charge in [-0.25, -0.2) is 0 Å². The van der Waals surface area contributed by atoms with Crippen LogP contribution in [0.4, 0.5) is 0 Å². The second-order valence-corrected chi connectivity index (χ2v) is 4.77. The van der Waals surface area contributed by atoms with Crippen LogP contribution in [0.2, 0.25) is 0 Å². The zero-order chi connectivity index (χ0) is 13.0. The van der Waals surface area contributed by atoms with Gasteiger partial charge in [-0.3, -0.25) is 4.79 Å². The highest BCUT2D eigenvalue weighted by Crippen LogP contribution is 2.19. The van der Waals surface area contributed by atoms with E-state index in [-0.39, 0.29) is 5.97 Å². The molecule has 0 saturated carbocycles. The van der Waals surface area contributed by atoms with Gasteiger partial charge < -0.3 is 4.74 Å². The Bertz CT molecular complexity index is 546. The Kier molecular flexibility index (Phi) is 3.98. The molecule has 0 aromatic heterocycles. The van der Waals surface area contributed by atoms with Crippen molar-refractivity contribution < 1.29 is 9.53 Å². The molecule has 1 unspecified atom stereocenters. The maximum absolute atomic E-state index is 11.2. The van der Waals surface area contributed by atoms with E-state index in [1.54, 1.807) is 0 Å².